The molecule has 1 unspecified atom stereocenters. The molecule has 0 aliphatic rings. The number of rotatable bonds is 4. The molecule has 1 atom stereocenters. The van der Waals surface area contributed by atoms with E-state index in [0.717, 1.165) is 5.69 Å². The highest BCUT2D eigenvalue weighted by atomic mass is 19.1. The lowest BCUT2D eigenvalue weighted by atomic mass is 10.1. The first-order valence-corrected chi connectivity index (χ1v) is 5.12. The van der Waals surface area contributed by atoms with Crippen LogP contribution in [-0.2, 0) is 13.5 Å². The number of hydrogen-bond acceptors (Lipinski definition) is 5. The van der Waals surface area contributed by atoms with Crippen molar-refractivity contribution in [2.24, 2.45) is 12.9 Å². The number of hydrogen-bond donors (Lipinski definition) is 2. The van der Waals surface area contributed by atoms with Gasteiger partial charge in [-0.1, -0.05) is 5.21 Å². The van der Waals surface area contributed by atoms with Gasteiger partial charge in [0.15, 0.2) is 0 Å². The van der Waals surface area contributed by atoms with E-state index in [4.69, 9.17) is 5.84 Å². The standard InChI is InChI=1S/C10H13FN6/c1-17-6-7(15-16-17)5-9(14-12)10-8(11)3-2-4-13-10/h2-4,6,9,14H,5,12H2,1H3. The van der Waals surface area contributed by atoms with Crippen LogP contribution in [0.3, 0.4) is 0 Å². The number of nitrogens with zero attached hydrogens (tertiary/aromatic N) is 4. The molecule has 2 rings (SSSR count). The summed E-state index contributed by atoms with van der Waals surface area (Å²) in [5.74, 6) is 5.03. The molecule has 0 fully saturated rings. The zero-order valence-corrected chi connectivity index (χ0v) is 9.34. The van der Waals surface area contributed by atoms with Gasteiger partial charge in [0, 0.05) is 25.9 Å². The van der Waals surface area contributed by atoms with Crippen LogP contribution in [0.4, 0.5) is 4.39 Å². The van der Waals surface area contributed by atoms with Crippen LogP contribution in [0.5, 0.6) is 0 Å². The molecule has 6 nitrogen and oxygen atoms in total. The zero-order valence-electron chi connectivity index (χ0n) is 9.34. The summed E-state index contributed by atoms with van der Waals surface area (Å²) in [4.78, 5) is 3.98. The third-order valence-electron chi connectivity index (χ3n) is 2.38. The van der Waals surface area contributed by atoms with Crippen LogP contribution in [0.15, 0.2) is 24.5 Å². The third-order valence-corrected chi connectivity index (χ3v) is 2.38. The van der Waals surface area contributed by atoms with Gasteiger partial charge < -0.3 is 0 Å². The Hall–Kier alpha value is -1.86. The van der Waals surface area contributed by atoms with Crippen molar-refractivity contribution in [2.75, 3.05) is 0 Å². The second-order valence-corrected chi connectivity index (χ2v) is 3.68. The first-order valence-electron chi connectivity index (χ1n) is 5.12. The van der Waals surface area contributed by atoms with Gasteiger partial charge in [0.2, 0.25) is 0 Å². The van der Waals surface area contributed by atoms with Crippen LogP contribution in [-0.4, -0.2) is 20.0 Å². The molecular formula is C10H13FN6. The van der Waals surface area contributed by atoms with Gasteiger partial charge in [-0.15, -0.1) is 5.10 Å². The quantitative estimate of drug-likeness (QED) is 0.581. The van der Waals surface area contributed by atoms with E-state index in [1.165, 1.54) is 18.3 Å². The molecule has 2 aromatic rings. The summed E-state index contributed by atoms with van der Waals surface area (Å²) >= 11 is 0. The number of aromatic nitrogens is 4. The van der Waals surface area contributed by atoms with Crippen molar-refractivity contribution in [3.05, 3.63) is 41.7 Å². The van der Waals surface area contributed by atoms with E-state index in [9.17, 15) is 4.39 Å². The Balaban J connectivity index is 2.20. The minimum atomic E-state index is -0.423. The molecule has 0 bridgehead atoms. The molecule has 0 radical (unpaired) electrons. The third kappa shape index (κ3) is 2.63. The van der Waals surface area contributed by atoms with Crippen molar-refractivity contribution in [3.63, 3.8) is 0 Å². The fourth-order valence-electron chi connectivity index (χ4n) is 1.59. The Morgan fingerprint density at radius 3 is 3.00 bits per heavy atom. The highest BCUT2D eigenvalue weighted by molar-refractivity contribution is 5.14. The Labute approximate surface area is 97.6 Å². The summed E-state index contributed by atoms with van der Waals surface area (Å²) < 4.78 is 15.1. The van der Waals surface area contributed by atoms with E-state index < -0.39 is 6.04 Å². The van der Waals surface area contributed by atoms with E-state index in [2.05, 4.69) is 20.7 Å². The molecular weight excluding hydrogens is 223 g/mol. The molecule has 0 aliphatic heterocycles. The lowest BCUT2D eigenvalue weighted by molar-refractivity contribution is 0.491. The smallest absolute Gasteiger partial charge is 0.146 e. The van der Waals surface area contributed by atoms with Crippen LogP contribution in [0, 0.1) is 5.82 Å². The maximum absolute atomic E-state index is 13.5. The van der Waals surface area contributed by atoms with Gasteiger partial charge in [-0.25, -0.2) is 4.39 Å². The van der Waals surface area contributed by atoms with Crippen LogP contribution in [0.25, 0.3) is 0 Å². The number of halogens is 1. The molecule has 3 N–H and O–H groups in total. The van der Waals surface area contributed by atoms with E-state index >= 15 is 0 Å². The summed E-state index contributed by atoms with van der Waals surface area (Å²) in [7, 11) is 1.77. The average molecular weight is 236 g/mol. The maximum Gasteiger partial charge on any atom is 0.146 e. The first kappa shape index (κ1) is 11.6. The van der Waals surface area contributed by atoms with Crippen LogP contribution in [0.1, 0.15) is 17.4 Å². The average Bonchev–Trinajstić information content (AvgIpc) is 2.73. The van der Waals surface area contributed by atoms with E-state index in [0.29, 0.717) is 6.42 Å². The topological polar surface area (TPSA) is 81.7 Å². The lowest BCUT2D eigenvalue weighted by Crippen LogP contribution is -2.31. The fourth-order valence-corrected chi connectivity index (χ4v) is 1.59. The van der Waals surface area contributed by atoms with Gasteiger partial charge >= 0.3 is 0 Å². The largest absolute Gasteiger partial charge is 0.271 e. The molecule has 2 heterocycles. The summed E-state index contributed by atoms with van der Waals surface area (Å²) in [6, 6.07) is 2.46. The number of hydrazine groups is 1. The van der Waals surface area contributed by atoms with Crippen molar-refractivity contribution in [1.29, 1.82) is 0 Å². The molecule has 0 amide bonds. The summed E-state index contributed by atoms with van der Waals surface area (Å²) in [5.41, 5.74) is 3.54. The highest BCUT2D eigenvalue weighted by Gasteiger charge is 2.17. The maximum atomic E-state index is 13.5. The Morgan fingerprint density at radius 2 is 2.41 bits per heavy atom. The SMILES string of the molecule is Cn1cc(CC(NN)c2ncccc2F)nn1. The zero-order chi connectivity index (χ0) is 12.3. The summed E-state index contributed by atoms with van der Waals surface area (Å²) in [6.07, 6.45) is 3.71. The van der Waals surface area contributed by atoms with Crippen molar-refractivity contribution < 1.29 is 4.39 Å². The van der Waals surface area contributed by atoms with Crippen molar-refractivity contribution in [1.82, 2.24) is 25.4 Å². The van der Waals surface area contributed by atoms with Gasteiger partial charge in [0.1, 0.15) is 5.82 Å². The predicted octanol–water partition coefficient (Wildman–Crippen LogP) is 0.0963. The van der Waals surface area contributed by atoms with Gasteiger partial charge in [-0.05, 0) is 12.1 Å². The van der Waals surface area contributed by atoms with Crippen molar-refractivity contribution >= 4 is 0 Å². The van der Waals surface area contributed by atoms with Crippen LogP contribution < -0.4 is 11.3 Å². The molecule has 2 aromatic heterocycles. The monoisotopic (exact) mass is 236 g/mol. The molecule has 90 valence electrons. The van der Waals surface area contributed by atoms with Crippen molar-refractivity contribution in [2.45, 2.75) is 12.5 Å². The molecule has 7 heteroatoms. The normalized spacial score (nSPS) is 12.6. The van der Waals surface area contributed by atoms with Crippen molar-refractivity contribution in [3.8, 4) is 0 Å². The number of nitrogens with one attached hydrogen (secondary N) is 1. The Kier molecular flexibility index (Phi) is 3.40. The number of pyridine rings is 1. The van der Waals surface area contributed by atoms with E-state index in [-0.39, 0.29) is 11.5 Å². The molecule has 0 aromatic carbocycles. The fraction of sp³-hybridized carbons (Fsp3) is 0.300. The second kappa shape index (κ2) is 4.98. The second-order valence-electron chi connectivity index (χ2n) is 3.68. The summed E-state index contributed by atoms with van der Waals surface area (Å²) in [5, 5.41) is 7.73. The van der Waals surface area contributed by atoms with Crippen LogP contribution in [0.2, 0.25) is 0 Å². The van der Waals surface area contributed by atoms with Gasteiger partial charge in [0.25, 0.3) is 0 Å². The van der Waals surface area contributed by atoms with Gasteiger partial charge in [0.05, 0.1) is 17.4 Å². The Morgan fingerprint density at radius 1 is 1.59 bits per heavy atom. The highest BCUT2D eigenvalue weighted by Crippen LogP contribution is 2.16. The minimum absolute atomic E-state index is 0.278. The number of aryl methyl sites for hydroxylation is 1. The predicted molar refractivity (Wildman–Crippen MR) is 59.0 cm³/mol. The Bertz CT molecular complexity index is 497. The molecule has 0 saturated carbocycles. The molecule has 17 heavy (non-hydrogen) atoms. The number of nitrogens with two attached hydrogens (primary N) is 1. The summed E-state index contributed by atoms with van der Waals surface area (Å²) in [6.45, 7) is 0. The first-order chi connectivity index (χ1) is 8.20. The van der Waals surface area contributed by atoms with Gasteiger partial charge in [-0.3, -0.25) is 20.9 Å². The van der Waals surface area contributed by atoms with E-state index in [1.54, 1.807) is 17.9 Å². The molecule has 0 aliphatic carbocycles. The minimum Gasteiger partial charge on any atom is -0.271 e. The van der Waals surface area contributed by atoms with Gasteiger partial charge in [-0.2, -0.15) is 0 Å². The van der Waals surface area contributed by atoms with E-state index in [1.807, 2.05) is 0 Å². The lowest BCUT2D eigenvalue weighted by Gasteiger charge is -2.14. The molecule has 0 spiro atoms. The molecule has 0 saturated heterocycles. The van der Waals surface area contributed by atoms with Crippen LogP contribution >= 0.6 is 0 Å².